The molecular formula is C21H35NO7. The van der Waals surface area contributed by atoms with Gasteiger partial charge in [-0.15, -0.1) is 0 Å². The van der Waals surface area contributed by atoms with Gasteiger partial charge in [0, 0.05) is 20.3 Å². The number of methoxy groups -OCH3 is 1. The molecule has 1 aromatic carbocycles. The second kappa shape index (κ2) is 14.8. The van der Waals surface area contributed by atoms with Crippen LogP contribution >= 0.6 is 0 Å². The Morgan fingerprint density at radius 1 is 1.00 bits per heavy atom. The molecule has 0 fully saturated rings. The maximum atomic E-state index is 9.10. The van der Waals surface area contributed by atoms with E-state index < -0.39 is 11.9 Å². The van der Waals surface area contributed by atoms with E-state index >= 15 is 0 Å². The molecule has 166 valence electrons. The van der Waals surface area contributed by atoms with E-state index in [1.165, 1.54) is 11.1 Å². The van der Waals surface area contributed by atoms with Crippen LogP contribution in [-0.2, 0) is 24.5 Å². The Labute approximate surface area is 173 Å². The number of aliphatic carboxylic acids is 2. The highest BCUT2D eigenvalue weighted by atomic mass is 16.5. The van der Waals surface area contributed by atoms with Gasteiger partial charge in [-0.05, 0) is 42.5 Å². The summed E-state index contributed by atoms with van der Waals surface area (Å²) in [6, 6.07) is 6.41. The van der Waals surface area contributed by atoms with E-state index in [4.69, 9.17) is 34.0 Å². The van der Waals surface area contributed by atoms with Gasteiger partial charge in [0.15, 0.2) is 0 Å². The number of rotatable bonds is 11. The summed E-state index contributed by atoms with van der Waals surface area (Å²) in [6.45, 7) is 13.2. The minimum absolute atomic E-state index is 0.0794. The minimum Gasteiger partial charge on any atom is -0.491 e. The molecule has 0 saturated carbocycles. The normalized spacial score (nSPS) is 10.8. The van der Waals surface area contributed by atoms with Gasteiger partial charge in [0.1, 0.15) is 12.4 Å². The smallest absolute Gasteiger partial charge is 0.414 e. The van der Waals surface area contributed by atoms with Gasteiger partial charge in [0.25, 0.3) is 0 Å². The summed E-state index contributed by atoms with van der Waals surface area (Å²) in [5.41, 5.74) is 2.54. The predicted molar refractivity (Wildman–Crippen MR) is 111 cm³/mol. The summed E-state index contributed by atoms with van der Waals surface area (Å²) >= 11 is 0. The third-order valence-corrected chi connectivity index (χ3v) is 3.74. The third-order valence-electron chi connectivity index (χ3n) is 3.74. The van der Waals surface area contributed by atoms with Crippen molar-refractivity contribution in [3.63, 3.8) is 0 Å². The van der Waals surface area contributed by atoms with Crippen LogP contribution in [0.4, 0.5) is 0 Å². The number of hydrogen-bond donors (Lipinski definition) is 3. The third kappa shape index (κ3) is 13.6. The predicted octanol–water partition coefficient (Wildman–Crippen LogP) is 2.47. The van der Waals surface area contributed by atoms with Crippen molar-refractivity contribution >= 4 is 11.9 Å². The van der Waals surface area contributed by atoms with Gasteiger partial charge in [-0.2, -0.15) is 0 Å². The molecule has 0 aliphatic rings. The highest BCUT2D eigenvalue weighted by Gasteiger charge is 2.18. The molecule has 8 heteroatoms. The quantitative estimate of drug-likeness (QED) is 0.374. The molecular weight excluding hydrogens is 378 g/mol. The van der Waals surface area contributed by atoms with Crippen molar-refractivity contribution in [1.82, 2.24) is 5.32 Å². The molecule has 0 aromatic heterocycles. The van der Waals surface area contributed by atoms with Crippen molar-refractivity contribution in [3.05, 3.63) is 29.3 Å². The van der Waals surface area contributed by atoms with E-state index in [1.807, 2.05) is 0 Å². The molecule has 0 aliphatic heterocycles. The lowest BCUT2D eigenvalue weighted by Gasteiger charge is -2.23. The largest absolute Gasteiger partial charge is 0.491 e. The molecule has 1 aromatic rings. The molecule has 3 N–H and O–H groups in total. The van der Waals surface area contributed by atoms with Crippen molar-refractivity contribution in [2.75, 3.05) is 46.6 Å². The second-order valence-electron chi connectivity index (χ2n) is 7.42. The first-order chi connectivity index (χ1) is 13.6. The first-order valence-electron chi connectivity index (χ1n) is 9.57. The number of aryl methyl sites for hydroxylation is 1. The molecule has 0 radical (unpaired) electrons. The summed E-state index contributed by atoms with van der Waals surface area (Å²) < 4.78 is 16.5. The minimum atomic E-state index is -1.82. The summed E-state index contributed by atoms with van der Waals surface area (Å²) in [4.78, 5) is 18.2. The van der Waals surface area contributed by atoms with Gasteiger partial charge >= 0.3 is 11.9 Å². The fraction of sp³-hybridized carbons (Fsp3) is 0.619. The topological polar surface area (TPSA) is 114 Å². The molecule has 0 amide bonds. The SMILES string of the molecule is COCCCNCCOCCOc1cc(C)ccc1C(C)(C)C.O=C(O)C(=O)O. The lowest BCUT2D eigenvalue weighted by atomic mass is 9.86. The van der Waals surface area contributed by atoms with Crippen LogP contribution in [0.15, 0.2) is 18.2 Å². The molecule has 8 nitrogen and oxygen atoms in total. The van der Waals surface area contributed by atoms with Crippen molar-refractivity contribution in [3.8, 4) is 5.75 Å². The maximum absolute atomic E-state index is 9.10. The van der Waals surface area contributed by atoms with Gasteiger partial charge in [0.2, 0.25) is 0 Å². The van der Waals surface area contributed by atoms with Crippen LogP contribution in [0, 0.1) is 6.92 Å². The molecule has 0 spiro atoms. The van der Waals surface area contributed by atoms with Crippen molar-refractivity contribution in [2.24, 2.45) is 0 Å². The maximum Gasteiger partial charge on any atom is 0.414 e. The van der Waals surface area contributed by atoms with E-state index in [9.17, 15) is 0 Å². The molecule has 29 heavy (non-hydrogen) atoms. The fourth-order valence-corrected chi connectivity index (χ4v) is 2.29. The number of nitrogens with one attached hydrogen (secondary N) is 1. The number of carbonyl (C=O) groups is 2. The molecule has 0 bridgehead atoms. The van der Waals surface area contributed by atoms with Crippen molar-refractivity contribution < 1.29 is 34.0 Å². The Bertz CT molecular complexity index is 600. The van der Waals surface area contributed by atoms with Crippen LogP contribution < -0.4 is 10.1 Å². The van der Waals surface area contributed by atoms with Gasteiger partial charge in [0.05, 0.1) is 13.2 Å². The summed E-state index contributed by atoms with van der Waals surface area (Å²) in [5, 5.41) is 18.1. The van der Waals surface area contributed by atoms with Crippen LogP contribution in [0.1, 0.15) is 38.3 Å². The average molecular weight is 414 g/mol. The first kappa shape index (κ1) is 26.8. The number of carboxylic acid groups (broad SMARTS) is 2. The fourth-order valence-electron chi connectivity index (χ4n) is 2.29. The van der Waals surface area contributed by atoms with E-state index in [2.05, 4.69) is 51.2 Å². The number of ether oxygens (including phenoxy) is 3. The number of hydrogen-bond acceptors (Lipinski definition) is 6. The van der Waals surface area contributed by atoms with Gasteiger partial charge in [-0.3, -0.25) is 0 Å². The Morgan fingerprint density at radius 3 is 2.21 bits per heavy atom. The zero-order valence-corrected chi connectivity index (χ0v) is 18.1. The van der Waals surface area contributed by atoms with Crippen LogP contribution in [0.25, 0.3) is 0 Å². The lowest BCUT2D eigenvalue weighted by Crippen LogP contribution is -2.23. The van der Waals surface area contributed by atoms with Crippen LogP contribution in [0.3, 0.4) is 0 Å². The van der Waals surface area contributed by atoms with Crippen molar-refractivity contribution in [2.45, 2.75) is 39.5 Å². The van der Waals surface area contributed by atoms with Crippen LogP contribution in [-0.4, -0.2) is 68.8 Å². The lowest BCUT2D eigenvalue weighted by molar-refractivity contribution is -0.159. The Morgan fingerprint density at radius 2 is 1.66 bits per heavy atom. The molecule has 0 atom stereocenters. The summed E-state index contributed by atoms with van der Waals surface area (Å²) in [6.07, 6.45) is 1.03. The standard InChI is InChI=1S/C19H33NO3.C2H2O4/c1-16-7-8-17(19(2,3)4)18(15-16)23-14-13-22-12-10-20-9-6-11-21-5;3-1(4)2(5)6/h7-8,15,20H,6,9-14H2,1-5H3;(H,3,4)(H,5,6). The zero-order valence-electron chi connectivity index (χ0n) is 18.1. The van der Waals surface area contributed by atoms with E-state index in [-0.39, 0.29) is 5.41 Å². The van der Waals surface area contributed by atoms with E-state index in [0.29, 0.717) is 19.8 Å². The summed E-state index contributed by atoms with van der Waals surface area (Å²) in [5.74, 6) is -2.68. The Balaban J connectivity index is 0.00000113. The number of carboxylic acids is 2. The summed E-state index contributed by atoms with van der Waals surface area (Å²) in [7, 11) is 1.72. The van der Waals surface area contributed by atoms with Crippen molar-refractivity contribution in [1.29, 1.82) is 0 Å². The van der Waals surface area contributed by atoms with Gasteiger partial charge in [-0.25, -0.2) is 9.59 Å². The molecule has 0 unspecified atom stereocenters. The monoisotopic (exact) mass is 413 g/mol. The first-order valence-corrected chi connectivity index (χ1v) is 9.57. The highest BCUT2D eigenvalue weighted by molar-refractivity contribution is 6.27. The molecule has 1 rings (SSSR count). The Kier molecular flexibility index (Phi) is 13.7. The highest BCUT2D eigenvalue weighted by Crippen LogP contribution is 2.31. The average Bonchev–Trinajstić information content (AvgIpc) is 2.62. The van der Waals surface area contributed by atoms with E-state index in [1.54, 1.807) is 7.11 Å². The molecule has 0 saturated heterocycles. The van der Waals surface area contributed by atoms with Gasteiger partial charge in [-0.1, -0.05) is 32.9 Å². The van der Waals surface area contributed by atoms with Gasteiger partial charge < -0.3 is 29.7 Å². The Hall–Kier alpha value is -2.16. The van der Waals surface area contributed by atoms with Crippen LogP contribution in [0.5, 0.6) is 5.75 Å². The van der Waals surface area contributed by atoms with Crippen LogP contribution in [0.2, 0.25) is 0 Å². The number of benzene rings is 1. The molecule has 0 heterocycles. The zero-order chi connectivity index (χ0) is 22.3. The van der Waals surface area contributed by atoms with E-state index in [0.717, 1.165) is 31.9 Å². The second-order valence-corrected chi connectivity index (χ2v) is 7.42. The molecule has 0 aliphatic carbocycles.